The quantitative estimate of drug-likeness (QED) is 0.0120. The molecule has 0 aliphatic heterocycles. The number of nitrogens with two attached hydrogens (primary N) is 2. The summed E-state index contributed by atoms with van der Waals surface area (Å²) in [6.45, 7) is 13.6. The van der Waals surface area contributed by atoms with Crippen molar-refractivity contribution in [1.82, 2.24) is 21.3 Å². The molecule has 0 spiro atoms. The average molecular weight is 1090 g/mol. The van der Waals surface area contributed by atoms with Gasteiger partial charge in [-0.3, -0.25) is 24.0 Å². The summed E-state index contributed by atoms with van der Waals surface area (Å²) in [5.74, 6) is 0.289. The molecule has 0 bridgehead atoms. The molecule has 434 valence electrons. The number of hydrogen-bond acceptors (Lipinski definition) is 16. The summed E-state index contributed by atoms with van der Waals surface area (Å²) in [6.07, 6.45) is 26.6. The van der Waals surface area contributed by atoms with Gasteiger partial charge in [0.15, 0.2) is 0 Å². The van der Waals surface area contributed by atoms with E-state index in [4.69, 9.17) is 40.1 Å². The molecule has 0 fully saturated rings. The van der Waals surface area contributed by atoms with Crippen LogP contribution in [-0.2, 0) is 47.7 Å². The molecule has 0 heterocycles. The number of aliphatic hydroxyl groups excluding tert-OH is 1. The van der Waals surface area contributed by atoms with Gasteiger partial charge in [-0.25, -0.2) is 10.7 Å². The predicted molar refractivity (Wildman–Crippen MR) is 296 cm³/mol. The number of aliphatic hydroxyl groups is 1. The number of aliphatic carboxylic acids is 2. The summed E-state index contributed by atoms with van der Waals surface area (Å²) in [6, 6.07) is -2.03. The third kappa shape index (κ3) is 70.9. The number of carbonyl (C=O) groups excluding carboxylic acids is 4. The molecule has 0 rings (SSSR count). The Morgan fingerprint density at radius 1 is 0.479 bits per heavy atom. The molecule has 0 saturated heterocycles. The maximum absolute atomic E-state index is 12.3. The predicted octanol–water partition coefficient (Wildman–Crippen LogP) is 7.83. The number of unbranched alkanes of at least 4 members (excludes halogenated alkanes) is 16. The van der Waals surface area contributed by atoms with E-state index in [1.54, 1.807) is 21.6 Å². The summed E-state index contributed by atoms with van der Waals surface area (Å²) in [5.41, 5.74) is 5.42. The minimum absolute atomic E-state index is 0.0215. The highest BCUT2D eigenvalue weighted by molar-refractivity contribution is 8.76. The number of carboxylic acids is 2. The van der Waals surface area contributed by atoms with Crippen molar-refractivity contribution < 1.29 is 68.2 Å². The zero-order valence-electron chi connectivity index (χ0n) is 46.0. The van der Waals surface area contributed by atoms with Crippen LogP contribution in [0.2, 0.25) is 0 Å². The first-order valence-corrected chi connectivity index (χ1v) is 29.5. The molecule has 0 radical (unpaired) electrons. The summed E-state index contributed by atoms with van der Waals surface area (Å²) >= 11 is 0. The number of nitrogens with one attached hydrogen (secondary N) is 4. The molecule has 0 aromatic rings. The van der Waals surface area contributed by atoms with Crippen LogP contribution in [0.4, 0.5) is 0 Å². The van der Waals surface area contributed by atoms with Crippen molar-refractivity contribution in [2.75, 3.05) is 85.0 Å². The average Bonchev–Trinajstić information content (AvgIpc) is 3.37. The molecule has 0 aliphatic carbocycles. The Morgan fingerprint density at radius 2 is 0.849 bits per heavy atom. The van der Waals surface area contributed by atoms with Crippen molar-refractivity contribution in [1.29, 1.82) is 0 Å². The second-order valence-corrected chi connectivity index (χ2v) is 19.2. The van der Waals surface area contributed by atoms with E-state index in [2.05, 4.69) is 60.1 Å². The maximum Gasteiger partial charge on any atom is 0.326 e. The Labute approximate surface area is 447 Å². The van der Waals surface area contributed by atoms with Crippen LogP contribution in [0.15, 0.2) is 12.3 Å². The number of carbonyl (C=O) groups is 6. The molecule has 2 atom stereocenters. The van der Waals surface area contributed by atoms with Crippen LogP contribution in [0.25, 0.3) is 0 Å². The van der Waals surface area contributed by atoms with Crippen molar-refractivity contribution in [3.63, 3.8) is 0 Å². The highest BCUT2D eigenvalue weighted by Gasteiger charge is 2.21. The minimum Gasteiger partial charge on any atom is -0.513 e. The van der Waals surface area contributed by atoms with Crippen LogP contribution >= 0.6 is 21.6 Å². The zero-order chi connectivity index (χ0) is 56.0. The van der Waals surface area contributed by atoms with Crippen molar-refractivity contribution in [3.8, 4) is 0 Å². The minimum atomic E-state index is -1.18. The summed E-state index contributed by atoms with van der Waals surface area (Å²) in [7, 11) is 3.55. The fourth-order valence-electron chi connectivity index (χ4n) is 6.21. The van der Waals surface area contributed by atoms with Crippen LogP contribution in [0, 0.1) is 0 Å². The van der Waals surface area contributed by atoms with Crippen LogP contribution in [0.1, 0.15) is 182 Å². The summed E-state index contributed by atoms with van der Waals surface area (Å²) in [5, 5.41) is 44.4. The highest BCUT2D eigenvalue weighted by Crippen LogP contribution is 2.15. The SMILES string of the molecule is C=C(O)CCCCCCCCCCCCCCCCCCC(=O)NC(CCC(=O)NCCOCCOCC(=O)NCCOCCOCC(=O)NCCCCC(N)C(=O)O)C(=O)O.CC.CCC.CSSC.NO. The van der Waals surface area contributed by atoms with Gasteiger partial charge < -0.3 is 66.5 Å². The summed E-state index contributed by atoms with van der Waals surface area (Å²) < 4.78 is 21.2. The van der Waals surface area contributed by atoms with Crippen molar-refractivity contribution in [3.05, 3.63) is 12.3 Å². The van der Waals surface area contributed by atoms with Crippen LogP contribution in [-0.4, -0.2) is 153 Å². The number of hydrogen-bond donors (Lipinski definition) is 10. The first kappa shape index (κ1) is 78.7. The molecule has 4 amide bonds. The van der Waals surface area contributed by atoms with E-state index < -0.39 is 24.0 Å². The Hall–Kier alpha value is -3.22. The molecule has 0 aromatic heterocycles. The molecular formula is C51H104N6O14S2. The third-order valence-electron chi connectivity index (χ3n) is 10.0. The highest BCUT2D eigenvalue weighted by atomic mass is 33.1. The Morgan fingerprint density at radius 3 is 1.23 bits per heavy atom. The van der Waals surface area contributed by atoms with Crippen molar-refractivity contribution in [2.24, 2.45) is 11.6 Å². The number of carboxylic acid groups (broad SMARTS) is 2. The Balaban J connectivity index is -0.00000128. The van der Waals surface area contributed by atoms with E-state index in [1.807, 2.05) is 13.8 Å². The largest absolute Gasteiger partial charge is 0.513 e. The Kier molecular flexibility index (Phi) is 72.0. The van der Waals surface area contributed by atoms with Gasteiger partial charge in [0.25, 0.3) is 0 Å². The zero-order valence-corrected chi connectivity index (χ0v) is 47.6. The van der Waals surface area contributed by atoms with Gasteiger partial charge in [0.2, 0.25) is 23.6 Å². The van der Waals surface area contributed by atoms with Crippen molar-refractivity contribution >= 4 is 57.2 Å². The van der Waals surface area contributed by atoms with Gasteiger partial charge in [0, 0.05) is 38.9 Å². The van der Waals surface area contributed by atoms with Crippen LogP contribution in [0.3, 0.4) is 0 Å². The van der Waals surface area contributed by atoms with E-state index in [9.17, 15) is 33.9 Å². The topological polar surface area (TPSA) is 320 Å². The molecule has 20 nitrogen and oxygen atoms in total. The van der Waals surface area contributed by atoms with Gasteiger partial charge in [-0.1, -0.05) is 152 Å². The van der Waals surface area contributed by atoms with Gasteiger partial charge in [-0.2, -0.15) is 0 Å². The maximum atomic E-state index is 12.3. The van der Waals surface area contributed by atoms with Gasteiger partial charge >= 0.3 is 11.9 Å². The molecule has 2 unspecified atom stereocenters. The van der Waals surface area contributed by atoms with Gasteiger partial charge in [0.1, 0.15) is 25.3 Å². The molecule has 73 heavy (non-hydrogen) atoms. The lowest BCUT2D eigenvalue weighted by atomic mass is 10.0. The van der Waals surface area contributed by atoms with Crippen LogP contribution in [0.5, 0.6) is 0 Å². The number of amides is 4. The lowest BCUT2D eigenvalue weighted by molar-refractivity contribution is -0.142. The van der Waals surface area contributed by atoms with E-state index in [1.165, 1.54) is 77.0 Å². The molecular weight excluding hydrogens is 985 g/mol. The number of allylic oxidation sites excluding steroid dienone is 1. The fraction of sp³-hybridized carbons (Fsp3) is 0.843. The van der Waals surface area contributed by atoms with E-state index in [0.717, 1.165) is 32.1 Å². The monoisotopic (exact) mass is 1090 g/mol. The molecule has 0 aliphatic rings. The summed E-state index contributed by atoms with van der Waals surface area (Å²) in [4.78, 5) is 70.5. The second-order valence-electron chi connectivity index (χ2n) is 16.6. The standard InChI is InChI=1S/C44H81N5O13.C3H8.C2H6S2.C2H6.H3NO/c1-36(50)20-16-14-12-10-8-6-4-2-3-5-7-9-11-13-15-17-22-40(52)49-38(44(57)58)23-24-39(51)47-26-28-59-30-33-62-35-42(54)48-27-29-60-31-32-61-34-41(53)46-25-19-18-21-37(45)43(55)56;1-3-2;1-3-4-2;2*1-2/h37-38,50H,1-35,45H2,(H,46,53)(H,47,51)(H,48,54)(H,49,52)(H,55,56)(H,57,58);3H2,1-2H3;1-2H3;1-2H3;2H,1H2. The molecule has 22 heteroatoms. The lowest BCUT2D eigenvalue weighted by Gasteiger charge is -2.14. The van der Waals surface area contributed by atoms with Crippen LogP contribution < -0.4 is 32.9 Å². The molecule has 12 N–H and O–H groups in total. The second kappa shape index (κ2) is 66.8. The molecule has 0 saturated carbocycles. The fourth-order valence-corrected chi connectivity index (χ4v) is 6.21. The van der Waals surface area contributed by atoms with Crippen molar-refractivity contribution in [2.45, 2.75) is 194 Å². The normalized spacial score (nSPS) is 11.0. The van der Waals surface area contributed by atoms with E-state index in [0.29, 0.717) is 38.0 Å². The first-order chi connectivity index (χ1) is 35.2. The van der Waals surface area contributed by atoms with Gasteiger partial charge in [-0.05, 0) is 51.0 Å². The Bertz CT molecular complexity index is 1280. The smallest absolute Gasteiger partial charge is 0.326 e. The van der Waals surface area contributed by atoms with E-state index >= 15 is 0 Å². The van der Waals surface area contributed by atoms with Gasteiger partial charge in [-0.15, -0.1) is 0 Å². The number of ether oxygens (including phenoxy) is 4. The first-order valence-electron chi connectivity index (χ1n) is 26.6. The lowest BCUT2D eigenvalue weighted by Crippen LogP contribution is -2.41. The third-order valence-corrected chi connectivity index (χ3v) is 11.3. The van der Waals surface area contributed by atoms with E-state index in [-0.39, 0.29) is 109 Å². The number of rotatable bonds is 47. The van der Waals surface area contributed by atoms with Gasteiger partial charge in [0.05, 0.1) is 45.4 Å². The molecule has 0 aromatic carbocycles.